The summed E-state index contributed by atoms with van der Waals surface area (Å²) in [6.07, 6.45) is 6.41. The standard InChI is InChI=1S/C19H15FN8/c1-11(26-19-17-18(23-9-22-17)24-10-25-19)16-14-5-4-12(20)7-15(14)28(27-16)13-3-2-6-21-8-13/h2-11H,1H3,(H2,22,23,24,25,26). The van der Waals surface area contributed by atoms with E-state index < -0.39 is 0 Å². The number of imidazole rings is 1. The number of hydrogen-bond donors (Lipinski definition) is 2. The number of rotatable bonds is 4. The van der Waals surface area contributed by atoms with Crippen LogP contribution in [0.5, 0.6) is 0 Å². The first-order valence-corrected chi connectivity index (χ1v) is 8.70. The van der Waals surface area contributed by atoms with Gasteiger partial charge in [0.25, 0.3) is 0 Å². The molecule has 28 heavy (non-hydrogen) atoms. The number of H-pyrrole nitrogens is 1. The lowest BCUT2D eigenvalue weighted by molar-refractivity contribution is 0.629. The van der Waals surface area contributed by atoms with E-state index in [1.165, 1.54) is 18.5 Å². The van der Waals surface area contributed by atoms with Crippen molar-refractivity contribution in [2.75, 3.05) is 5.32 Å². The van der Waals surface area contributed by atoms with Gasteiger partial charge in [0, 0.05) is 17.6 Å². The maximum absolute atomic E-state index is 13.9. The SMILES string of the molecule is CC(Nc1ncnc2nc[nH]c12)c1nn(-c2cccnc2)c2cc(F)ccc12. The lowest BCUT2D eigenvalue weighted by Gasteiger charge is -2.13. The van der Waals surface area contributed by atoms with Crippen molar-refractivity contribution in [3.8, 4) is 5.69 Å². The van der Waals surface area contributed by atoms with E-state index in [9.17, 15) is 4.39 Å². The number of aromatic amines is 1. The van der Waals surface area contributed by atoms with E-state index in [4.69, 9.17) is 5.10 Å². The molecule has 0 saturated carbocycles. The van der Waals surface area contributed by atoms with Crippen LogP contribution in [0.3, 0.4) is 0 Å². The van der Waals surface area contributed by atoms with Gasteiger partial charge in [-0.3, -0.25) is 4.98 Å². The Balaban J connectivity index is 1.61. The minimum atomic E-state index is -0.320. The van der Waals surface area contributed by atoms with Crippen LogP contribution in [0.1, 0.15) is 18.7 Å². The Bertz CT molecular complexity index is 1280. The number of anilines is 1. The topological polar surface area (TPSA) is 97.2 Å². The van der Waals surface area contributed by atoms with Crippen molar-refractivity contribution in [3.05, 3.63) is 66.9 Å². The van der Waals surface area contributed by atoms with Gasteiger partial charge in [-0.25, -0.2) is 24.0 Å². The normalized spacial score (nSPS) is 12.5. The van der Waals surface area contributed by atoms with E-state index in [2.05, 4.69) is 30.2 Å². The van der Waals surface area contributed by atoms with Crippen molar-refractivity contribution in [2.24, 2.45) is 0 Å². The molecule has 9 heteroatoms. The van der Waals surface area contributed by atoms with Crippen molar-refractivity contribution < 1.29 is 4.39 Å². The summed E-state index contributed by atoms with van der Waals surface area (Å²) in [4.78, 5) is 19.8. The molecule has 5 aromatic rings. The average molecular weight is 374 g/mol. The molecule has 1 aromatic carbocycles. The quantitative estimate of drug-likeness (QED) is 0.500. The molecular weight excluding hydrogens is 359 g/mol. The van der Waals surface area contributed by atoms with Crippen LogP contribution in [0.4, 0.5) is 10.2 Å². The number of nitrogens with zero attached hydrogens (tertiary/aromatic N) is 6. The molecule has 0 aliphatic heterocycles. The van der Waals surface area contributed by atoms with Gasteiger partial charge in [0.05, 0.1) is 35.5 Å². The van der Waals surface area contributed by atoms with E-state index in [0.29, 0.717) is 17.0 Å². The van der Waals surface area contributed by atoms with Gasteiger partial charge in [0.2, 0.25) is 0 Å². The van der Waals surface area contributed by atoms with Crippen LogP contribution in [0.15, 0.2) is 55.4 Å². The lowest BCUT2D eigenvalue weighted by Crippen LogP contribution is -2.10. The molecule has 0 bridgehead atoms. The van der Waals surface area contributed by atoms with Crippen LogP contribution in [0.2, 0.25) is 0 Å². The number of nitrogens with one attached hydrogen (secondary N) is 2. The average Bonchev–Trinajstić information content (AvgIpc) is 3.33. The van der Waals surface area contributed by atoms with Crippen molar-refractivity contribution in [1.82, 2.24) is 34.7 Å². The zero-order valence-electron chi connectivity index (χ0n) is 14.8. The molecule has 0 spiro atoms. The molecule has 5 rings (SSSR count). The molecule has 0 fully saturated rings. The highest BCUT2D eigenvalue weighted by Crippen LogP contribution is 2.29. The van der Waals surface area contributed by atoms with Crippen molar-refractivity contribution >= 4 is 27.9 Å². The highest BCUT2D eigenvalue weighted by molar-refractivity contribution is 5.85. The molecule has 0 saturated heterocycles. The summed E-state index contributed by atoms with van der Waals surface area (Å²) in [7, 11) is 0. The fourth-order valence-corrected chi connectivity index (χ4v) is 3.26. The predicted molar refractivity (Wildman–Crippen MR) is 103 cm³/mol. The summed E-state index contributed by atoms with van der Waals surface area (Å²) in [5.41, 5.74) is 3.50. The lowest BCUT2D eigenvalue weighted by atomic mass is 10.1. The van der Waals surface area contributed by atoms with Gasteiger partial charge in [-0.05, 0) is 31.2 Å². The predicted octanol–water partition coefficient (Wildman–Crippen LogP) is 3.40. The number of benzene rings is 1. The zero-order valence-corrected chi connectivity index (χ0v) is 14.8. The van der Waals surface area contributed by atoms with E-state index in [-0.39, 0.29) is 11.9 Å². The zero-order chi connectivity index (χ0) is 19.1. The fourth-order valence-electron chi connectivity index (χ4n) is 3.26. The Kier molecular flexibility index (Phi) is 3.71. The molecule has 2 N–H and O–H groups in total. The summed E-state index contributed by atoms with van der Waals surface area (Å²) in [5, 5.41) is 8.94. The van der Waals surface area contributed by atoms with Crippen molar-refractivity contribution in [3.63, 3.8) is 0 Å². The van der Waals surface area contributed by atoms with Gasteiger partial charge in [0.15, 0.2) is 11.5 Å². The maximum Gasteiger partial charge on any atom is 0.182 e. The first kappa shape index (κ1) is 16.3. The van der Waals surface area contributed by atoms with E-state index in [0.717, 1.165) is 22.3 Å². The van der Waals surface area contributed by atoms with E-state index >= 15 is 0 Å². The molecule has 4 heterocycles. The molecule has 0 aliphatic rings. The fraction of sp³-hybridized carbons (Fsp3) is 0.105. The first-order chi connectivity index (χ1) is 13.7. The molecule has 1 atom stereocenters. The Hall–Kier alpha value is -3.88. The molecule has 138 valence electrons. The number of fused-ring (bicyclic) bond motifs is 2. The number of halogens is 1. The Labute approximate surface area is 158 Å². The molecule has 8 nitrogen and oxygen atoms in total. The number of aromatic nitrogens is 7. The molecule has 0 amide bonds. The molecule has 0 radical (unpaired) electrons. The minimum absolute atomic E-state index is 0.202. The summed E-state index contributed by atoms with van der Waals surface area (Å²) < 4.78 is 15.6. The third-order valence-corrected chi connectivity index (χ3v) is 4.55. The third kappa shape index (κ3) is 2.64. The monoisotopic (exact) mass is 374 g/mol. The molecular formula is C19H15FN8. The van der Waals surface area contributed by atoms with Crippen LogP contribution in [-0.4, -0.2) is 34.7 Å². The summed E-state index contributed by atoms with van der Waals surface area (Å²) >= 11 is 0. The Morgan fingerprint density at radius 2 is 2.11 bits per heavy atom. The second-order valence-corrected chi connectivity index (χ2v) is 6.36. The second kappa shape index (κ2) is 6.38. The van der Waals surface area contributed by atoms with Gasteiger partial charge in [-0.15, -0.1) is 0 Å². The van der Waals surface area contributed by atoms with Crippen molar-refractivity contribution in [2.45, 2.75) is 13.0 Å². The van der Waals surface area contributed by atoms with Crippen LogP contribution in [0.25, 0.3) is 27.8 Å². The minimum Gasteiger partial charge on any atom is -0.360 e. The molecule has 4 aromatic heterocycles. The molecule has 1 unspecified atom stereocenters. The third-order valence-electron chi connectivity index (χ3n) is 4.55. The van der Waals surface area contributed by atoms with Crippen LogP contribution < -0.4 is 5.32 Å². The van der Waals surface area contributed by atoms with E-state index in [1.54, 1.807) is 29.5 Å². The van der Waals surface area contributed by atoms with Gasteiger partial charge < -0.3 is 10.3 Å². The van der Waals surface area contributed by atoms with Crippen molar-refractivity contribution in [1.29, 1.82) is 0 Å². The summed E-state index contributed by atoms with van der Waals surface area (Å²) in [5.74, 6) is 0.306. The number of hydrogen-bond acceptors (Lipinski definition) is 6. The van der Waals surface area contributed by atoms with Gasteiger partial charge in [-0.1, -0.05) is 0 Å². The van der Waals surface area contributed by atoms with Gasteiger partial charge in [0.1, 0.15) is 17.7 Å². The second-order valence-electron chi connectivity index (χ2n) is 6.36. The summed E-state index contributed by atoms with van der Waals surface area (Å²) in [6.45, 7) is 1.98. The molecule has 0 aliphatic carbocycles. The summed E-state index contributed by atoms with van der Waals surface area (Å²) in [6, 6.07) is 8.15. The highest BCUT2D eigenvalue weighted by Gasteiger charge is 2.19. The van der Waals surface area contributed by atoms with Gasteiger partial charge in [-0.2, -0.15) is 5.10 Å². The first-order valence-electron chi connectivity index (χ1n) is 8.70. The Morgan fingerprint density at radius 1 is 1.18 bits per heavy atom. The van der Waals surface area contributed by atoms with E-state index in [1.807, 2.05) is 19.1 Å². The van der Waals surface area contributed by atoms with Crippen LogP contribution >= 0.6 is 0 Å². The smallest absolute Gasteiger partial charge is 0.182 e. The largest absolute Gasteiger partial charge is 0.360 e. The highest BCUT2D eigenvalue weighted by atomic mass is 19.1. The maximum atomic E-state index is 13.9. The Morgan fingerprint density at radius 3 is 2.96 bits per heavy atom. The van der Waals surface area contributed by atoms with Gasteiger partial charge >= 0.3 is 0 Å². The van der Waals surface area contributed by atoms with Crippen LogP contribution in [-0.2, 0) is 0 Å². The number of pyridine rings is 1. The van der Waals surface area contributed by atoms with Crippen LogP contribution in [0, 0.1) is 5.82 Å².